The number of H-pyrrole nitrogens is 1. The van der Waals surface area contributed by atoms with Crippen molar-refractivity contribution >= 4 is 17.6 Å². The average Bonchev–Trinajstić information content (AvgIpc) is 2.99. The van der Waals surface area contributed by atoms with Crippen LogP contribution >= 0.6 is 0 Å². The number of carbonyl (C=O) groups excluding carboxylic acids is 1. The van der Waals surface area contributed by atoms with Gasteiger partial charge in [-0.1, -0.05) is 6.58 Å². The number of aryl methyl sites for hydroxylation is 1. The Morgan fingerprint density at radius 1 is 1.43 bits per heavy atom. The van der Waals surface area contributed by atoms with E-state index in [1.807, 2.05) is 27.7 Å². The minimum Gasteiger partial charge on any atom is -0.477 e. The normalized spacial score (nSPS) is 15.0. The summed E-state index contributed by atoms with van der Waals surface area (Å²) in [5.74, 6) is -1.01. The Kier molecular flexibility index (Phi) is 4.36. The molecule has 1 aromatic rings. The van der Waals surface area contributed by atoms with E-state index in [0.717, 1.165) is 16.8 Å². The number of aromatic nitrogens is 1. The van der Waals surface area contributed by atoms with Gasteiger partial charge in [-0.3, -0.25) is 4.90 Å². The number of allylic oxidation sites excluding steroid dienone is 1. The first kappa shape index (κ1) is 16.9. The zero-order valence-corrected chi connectivity index (χ0v) is 13.9. The van der Waals surface area contributed by atoms with Crippen LogP contribution in [0.1, 0.15) is 48.9 Å². The summed E-state index contributed by atoms with van der Waals surface area (Å²) in [7, 11) is 0. The van der Waals surface area contributed by atoms with Crippen LogP contribution < -0.4 is 0 Å². The minimum absolute atomic E-state index is 0.129. The van der Waals surface area contributed by atoms with Crippen LogP contribution in [0.3, 0.4) is 0 Å². The molecule has 0 radical (unpaired) electrons. The lowest BCUT2D eigenvalue weighted by atomic mass is 10.0. The second kappa shape index (κ2) is 5.95. The summed E-state index contributed by atoms with van der Waals surface area (Å²) in [6.45, 7) is 11.5. The molecule has 0 saturated heterocycles. The lowest BCUT2D eigenvalue weighted by Crippen LogP contribution is -2.34. The minimum atomic E-state index is -1.01. The molecule has 0 aliphatic carbocycles. The fourth-order valence-corrected chi connectivity index (χ4v) is 2.63. The lowest BCUT2D eigenvalue weighted by molar-refractivity contribution is 0.0336. The number of nitrogens with one attached hydrogen (secondary N) is 1. The number of ether oxygens (including phenoxy) is 1. The van der Waals surface area contributed by atoms with Crippen molar-refractivity contribution in [3.8, 4) is 0 Å². The first-order chi connectivity index (χ1) is 10.6. The monoisotopic (exact) mass is 318 g/mol. The summed E-state index contributed by atoms with van der Waals surface area (Å²) in [6.07, 6.45) is 1.81. The van der Waals surface area contributed by atoms with Crippen LogP contribution in [0, 0.1) is 6.92 Å². The number of carboxylic acids is 1. The molecule has 1 aliphatic rings. The lowest BCUT2D eigenvalue weighted by Gasteiger charge is -2.25. The van der Waals surface area contributed by atoms with Gasteiger partial charge in [-0.05, 0) is 51.8 Å². The van der Waals surface area contributed by atoms with Crippen molar-refractivity contribution in [2.24, 2.45) is 0 Å². The molecule has 0 aromatic carbocycles. The number of hydrogen-bond donors (Lipinski definition) is 2. The van der Waals surface area contributed by atoms with Crippen LogP contribution in [-0.4, -0.2) is 39.2 Å². The molecule has 6 nitrogen and oxygen atoms in total. The molecular formula is C17H22N2O4. The number of aromatic carboxylic acids is 1. The van der Waals surface area contributed by atoms with E-state index in [2.05, 4.69) is 11.6 Å². The number of carboxylic acid groups (broad SMARTS) is 1. The summed E-state index contributed by atoms with van der Waals surface area (Å²) < 4.78 is 5.41. The van der Waals surface area contributed by atoms with Gasteiger partial charge in [-0.25, -0.2) is 9.59 Å². The maximum atomic E-state index is 12.3. The van der Waals surface area contributed by atoms with Gasteiger partial charge in [-0.2, -0.15) is 0 Å². The van der Waals surface area contributed by atoms with Gasteiger partial charge in [-0.15, -0.1) is 0 Å². The first-order valence-corrected chi connectivity index (χ1v) is 7.43. The van der Waals surface area contributed by atoms with Crippen molar-refractivity contribution < 1.29 is 19.4 Å². The van der Waals surface area contributed by atoms with Gasteiger partial charge in [0.25, 0.3) is 0 Å². The van der Waals surface area contributed by atoms with E-state index >= 15 is 0 Å². The van der Waals surface area contributed by atoms with Crippen molar-refractivity contribution in [1.82, 2.24) is 9.88 Å². The Morgan fingerprint density at radius 3 is 2.57 bits per heavy atom. The topological polar surface area (TPSA) is 82.6 Å². The maximum absolute atomic E-state index is 12.3. The summed E-state index contributed by atoms with van der Waals surface area (Å²) in [5.41, 5.74) is 2.66. The van der Waals surface area contributed by atoms with E-state index in [1.165, 1.54) is 0 Å². The third-order valence-corrected chi connectivity index (χ3v) is 3.56. The molecule has 2 N–H and O–H groups in total. The zero-order chi connectivity index (χ0) is 17.4. The van der Waals surface area contributed by atoms with Gasteiger partial charge in [0.05, 0.1) is 5.70 Å². The van der Waals surface area contributed by atoms with Gasteiger partial charge in [0.2, 0.25) is 0 Å². The van der Waals surface area contributed by atoms with Crippen molar-refractivity contribution in [2.45, 2.75) is 39.7 Å². The zero-order valence-electron chi connectivity index (χ0n) is 13.9. The van der Waals surface area contributed by atoms with E-state index in [9.17, 15) is 9.59 Å². The number of rotatable bonds is 3. The Morgan fingerprint density at radius 2 is 2.09 bits per heavy atom. The number of aromatic amines is 1. The van der Waals surface area contributed by atoms with Gasteiger partial charge in [0, 0.05) is 17.8 Å². The molecule has 23 heavy (non-hydrogen) atoms. The van der Waals surface area contributed by atoms with E-state index in [-0.39, 0.29) is 5.69 Å². The molecule has 2 rings (SSSR count). The Hall–Kier alpha value is -2.50. The standard InChI is InChI=1S/C17H22N2O4/c1-6-14-11(12-9-13(15(20)21)18-10(12)2)7-8-19(14)16(22)23-17(3,4)5/h6,9,18H,1,7-8H2,2-5H3,(H,20,21). The predicted molar refractivity (Wildman–Crippen MR) is 87.2 cm³/mol. The molecule has 0 unspecified atom stereocenters. The Labute approximate surface area is 135 Å². The van der Waals surface area contributed by atoms with Crippen LogP contribution in [-0.2, 0) is 4.74 Å². The average molecular weight is 318 g/mol. The molecular weight excluding hydrogens is 296 g/mol. The quantitative estimate of drug-likeness (QED) is 0.892. The van der Waals surface area contributed by atoms with Crippen LogP contribution in [0.2, 0.25) is 0 Å². The Balaban J connectivity index is 2.38. The highest BCUT2D eigenvalue weighted by atomic mass is 16.6. The molecule has 0 atom stereocenters. The molecule has 1 amide bonds. The fraction of sp³-hybridized carbons (Fsp3) is 0.412. The highest BCUT2D eigenvalue weighted by Crippen LogP contribution is 2.34. The third kappa shape index (κ3) is 3.47. The summed E-state index contributed by atoms with van der Waals surface area (Å²) in [5, 5.41) is 9.10. The number of amides is 1. The molecule has 1 aliphatic heterocycles. The third-order valence-electron chi connectivity index (χ3n) is 3.56. The van der Waals surface area contributed by atoms with Gasteiger partial charge >= 0.3 is 12.1 Å². The molecule has 6 heteroatoms. The van der Waals surface area contributed by atoms with Crippen LogP contribution in [0.5, 0.6) is 0 Å². The van der Waals surface area contributed by atoms with Crippen molar-refractivity contribution in [3.63, 3.8) is 0 Å². The van der Waals surface area contributed by atoms with E-state index in [4.69, 9.17) is 9.84 Å². The SMILES string of the molecule is C=CC1=C(c2cc(C(=O)O)[nH]c2C)CCN1C(=O)OC(C)(C)C. The Bertz CT molecular complexity index is 692. The molecule has 1 aromatic heterocycles. The fourth-order valence-electron chi connectivity index (χ4n) is 2.63. The number of nitrogens with zero attached hydrogens (tertiary/aromatic N) is 1. The smallest absolute Gasteiger partial charge is 0.414 e. The number of hydrogen-bond acceptors (Lipinski definition) is 3. The van der Waals surface area contributed by atoms with Crippen molar-refractivity contribution in [1.29, 1.82) is 0 Å². The molecule has 2 heterocycles. The van der Waals surface area contributed by atoms with Gasteiger partial charge in [0.15, 0.2) is 0 Å². The van der Waals surface area contributed by atoms with Gasteiger partial charge < -0.3 is 14.8 Å². The van der Waals surface area contributed by atoms with E-state index in [0.29, 0.717) is 18.7 Å². The summed E-state index contributed by atoms with van der Waals surface area (Å²) in [6, 6.07) is 1.59. The molecule has 0 fully saturated rings. The van der Waals surface area contributed by atoms with E-state index in [1.54, 1.807) is 17.0 Å². The highest BCUT2D eigenvalue weighted by Gasteiger charge is 2.31. The summed E-state index contributed by atoms with van der Waals surface area (Å²) in [4.78, 5) is 27.8. The van der Waals surface area contributed by atoms with Crippen LogP contribution in [0.4, 0.5) is 4.79 Å². The predicted octanol–water partition coefficient (Wildman–Crippen LogP) is 3.56. The first-order valence-electron chi connectivity index (χ1n) is 7.43. The van der Waals surface area contributed by atoms with Crippen LogP contribution in [0.25, 0.3) is 5.57 Å². The maximum Gasteiger partial charge on any atom is 0.414 e. The van der Waals surface area contributed by atoms with Crippen LogP contribution in [0.15, 0.2) is 24.4 Å². The second-order valence-electron chi connectivity index (χ2n) is 6.48. The van der Waals surface area contributed by atoms with E-state index < -0.39 is 17.7 Å². The van der Waals surface area contributed by atoms with Crippen molar-refractivity contribution in [3.05, 3.63) is 41.4 Å². The second-order valence-corrected chi connectivity index (χ2v) is 6.48. The molecule has 0 spiro atoms. The van der Waals surface area contributed by atoms with Crippen molar-refractivity contribution in [2.75, 3.05) is 6.54 Å². The summed E-state index contributed by atoms with van der Waals surface area (Å²) >= 11 is 0. The molecule has 0 saturated carbocycles. The molecule has 0 bridgehead atoms. The molecule has 124 valence electrons. The highest BCUT2D eigenvalue weighted by molar-refractivity contribution is 5.89. The largest absolute Gasteiger partial charge is 0.477 e. The number of carbonyl (C=O) groups is 2. The van der Waals surface area contributed by atoms with Gasteiger partial charge in [0.1, 0.15) is 11.3 Å².